The molecule has 0 unspecified atom stereocenters. The lowest BCUT2D eigenvalue weighted by Gasteiger charge is -2.34. The fraction of sp³-hybridized carbons (Fsp3) is 0.684. The van der Waals surface area contributed by atoms with E-state index in [9.17, 15) is 4.79 Å². The number of carbonyl (C=O) groups excluding carboxylic acids is 1. The Balaban J connectivity index is 1.67. The number of piperazine rings is 1. The van der Waals surface area contributed by atoms with Gasteiger partial charge in [0.05, 0.1) is 0 Å². The quantitative estimate of drug-likeness (QED) is 0.902. The van der Waals surface area contributed by atoms with Crippen LogP contribution in [0.4, 0.5) is 11.6 Å². The molecule has 3 heterocycles. The minimum atomic E-state index is 0.182. The largest absolute Gasteiger partial charge is 0.367 e. The van der Waals surface area contributed by atoms with Crippen LogP contribution >= 0.6 is 0 Å². The maximum atomic E-state index is 11.5. The van der Waals surface area contributed by atoms with Crippen molar-refractivity contribution >= 4 is 17.5 Å². The van der Waals surface area contributed by atoms with E-state index in [2.05, 4.69) is 41.2 Å². The van der Waals surface area contributed by atoms with Gasteiger partial charge in [-0.3, -0.25) is 4.79 Å². The van der Waals surface area contributed by atoms with Gasteiger partial charge >= 0.3 is 0 Å². The summed E-state index contributed by atoms with van der Waals surface area (Å²) in [6.07, 6.45) is 2.99. The summed E-state index contributed by atoms with van der Waals surface area (Å²) in [6, 6.07) is 4.81. The Kier molecular flexibility index (Phi) is 5.78. The third-order valence-electron chi connectivity index (χ3n) is 5.40. The van der Waals surface area contributed by atoms with Gasteiger partial charge in [0.25, 0.3) is 0 Å². The highest BCUT2D eigenvalue weighted by Gasteiger charge is 2.22. The van der Waals surface area contributed by atoms with Gasteiger partial charge < -0.3 is 20.0 Å². The van der Waals surface area contributed by atoms with Gasteiger partial charge in [-0.1, -0.05) is 6.92 Å². The van der Waals surface area contributed by atoms with Crippen molar-refractivity contribution in [2.24, 2.45) is 0 Å². The molecule has 0 aliphatic carbocycles. The zero-order chi connectivity index (χ0) is 17.8. The van der Waals surface area contributed by atoms with E-state index >= 15 is 0 Å². The van der Waals surface area contributed by atoms with Crippen molar-refractivity contribution in [1.29, 1.82) is 0 Å². The molecule has 0 saturated carbocycles. The van der Waals surface area contributed by atoms with Crippen LogP contribution in [0.1, 0.15) is 32.3 Å². The van der Waals surface area contributed by atoms with Crippen LogP contribution in [0.25, 0.3) is 0 Å². The summed E-state index contributed by atoms with van der Waals surface area (Å²) in [5.74, 6) is 2.26. The molecule has 0 aromatic carbocycles. The Hall–Kier alpha value is -1.82. The smallest absolute Gasteiger partial charge is 0.219 e. The Morgan fingerprint density at radius 1 is 1.16 bits per heavy atom. The van der Waals surface area contributed by atoms with Gasteiger partial charge in [0.15, 0.2) is 0 Å². The van der Waals surface area contributed by atoms with Crippen LogP contribution in [0, 0.1) is 0 Å². The molecule has 0 radical (unpaired) electrons. The highest BCUT2D eigenvalue weighted by atomic mass is 16.2. The first kappa shape index (κ1) is 18.0. The minimum Gasteiger partial charge on any atom is -0.367 e. The van der Waals surface area contributed by atoms with Gasteiger partial charge in [-0.2, -0.15) is 0 Å². The molecule has 1 N–H and O–H groups in total. The molecule has 25 heavy (non-hydrogen) atoms. The fourth-order valence-corrected chi connectivity index (χ4v) is 3.59. The van der Waals surface area contributed by atoms with Crippen LogP contribution in [0.3, 0.4) is 0 Å². The molecule has 2 aliphatic rings. The number of amides is 1. The molecular weight excluding hydrogens is 314 g/mol. The number of likely N-dealkylation sites (N-methyl/N-ethyl adjacent to an activating group) is 1. The SMILES string of the molecule is CCc1cc(NC2CCN(C(C)=O)CC2)nc(N2CCN(C)CC2)c1. The van der Waals surface area contributed by atoms with Crippen molar-refractivity contribution in [3.05, 3.63) is 17.7 Å². The topological polar surface area (TPSA) is 51.7 Å². The Morgan fingerprint density at radius 3 is 2.44 bits per heavy atom. The van der Waals surface area contributed by atoms with Crippen molar-refractivity contribution in [3.8, 4) is 0 Å². The molecule has 3 rings (SSSR count). The number of hydrogen-bond donors (Lipinski definition) is 1. The van der Waals surface area contributed by atoms with Crippen molar-refractivity contribution < 1.29 is 4.79 Å². The number of hydrogen-bond acceptors (Lipinski definition) is 5. The molecule has 2 aliphatic heterocycles. The van der Waals surface area contributed by atoms with Gasteiger partial charge in [-0.15, -0.1) is 0 Å². The zero-order valence-corrected chi connectivity index (χ0v) is 15.8. The summed E-state index contributed by atoms with van der Waals surface area (Å²) in [7, 11) is 2.17. The number of piperidine rings is 1. The van der Waals surface area contributed by atoms with Crippen LogP contribution in [0.5, 0.6) is 0 Å². The van der Waals surface area contributed by atoms with E-state index in [0.717, 1.165) is 70.2 Å². The average molecular weight is 345 g/mol. The molecule has 0 atom stereocenters. The third-order valence-corrected chi connectivity index (χ3v) is 5.40. The van der Waals surface area contributed by atoms with Crippen LogP contribution in [-0.4, -0.2) is 73.0 Å². The fourth-order valence-electron chi connectivity index (χ4n) is 3.59. The van der Waals surface area contributed by atoms with E-state index in [0.29, 0.717) is 6.04 Å². The summed E-state index contributed by atoms with van der Waals surface area (Å²) in [6.45, 7) is 9.77. The summed E-state index contributed by atoms with van der Waals surface area (Å²) in [4.78, 5) is 23.1. The molecule has 6 nitrogen and oxygen atoms in total. The number of nitrogens with zero attached hydrogens (tertiary/aromatic N) is 4. The number of anilines is 2. The van der Waals surface area contributed by atoms with E-state index in [1.165, 1.54) is 5.56 Å². The van der Waals surface area contributed by atoms with E-state index in [-0.39, 0.29) is 5.91 Å². The zero-order valence-electron chi connectivity index (χ0n) is 15.8. The highest BCUT2D eigenvalue weighted by molar-refractivity contribution is 5.73. The van der Waals surface area contributed by atoms with Crippen molar-refractivity contribution in [1.82, 2.24) is 14.8 Å². The van der Waals surface area contributed by atoms with E-state index in [1.807, 2.05) is 4.90 Å². The van der Waals surface area contributed by atoms with E-state index in [1.54, 1.807) is 6.92 Å². The number of aromatic nitrogens is 1. The van der Waals surface area contributed by atoms with Crippen molar-refractivity contribution in [2.45, 2.75) is 39.2 Å². The summed E-state index contributed by atoms with van der Waals surface area (Å²) < 4.78 is 0. The molecule has 1 aromatic heterocycles. The van der Waals surface area contributed by atoms with Gasteiger partial charge in [0, 0.05) is 52.2 Å². The number of carbonyl (C=O) groups is 1. The molecule has 138 valence electrons. The van der Waals surface area contributed by atoms with Gasteiger partial charge in [0.2, 0.25) is 5.91 Å². The second kappa shape index (κ2) is 8.04. The number of likely N-dealkylation sites (tertiary alicyclic amines) is 1. The van der Waals surface area contributed by atoms with E-state index in [4.69, 9.17) is 4.98 Å². The Morgan fingerprint density at radius 2 is 1.84 bits per heavy atom. The van der Waals surface area contributed by atoms with Gasteiger partial charge in [0.1, 0.15) is 11.6 Å². The lowest BCUT2D eigenvalue weighted by Crippen LogP contribution is -2.45. The number of rotatable bonds is 4. The van der Waals surface area contributed by atoms with Gasteiger partial charge in [-0.25, -0.2) is 4.98 Å². The maximum absolute atomic E-state index is 11.5. The predicted molar refractivity (Wildman–Crippen MR) is 102 cm³/mol. The van der Waals surface area contributed by atoms with Crippen LogP contribution in [0.15, 0.2) is 12.1 Å². The lowest BCUT2D eigenvalue weighted by atomic mass is 10.0. The summed E-state index contributed by atoms with van der Waals surface area (Å²) >= 11 is 0. The molecular formula is C19H31N5O. The molecule has 6 heteroatoms. The number of nitrogens with one attached hydrogen (secondary N) is 1. The number of aryl methyl sites for hydroxylation is 1. The Bertz CT molecular complexity index is 589. The third kappa shape index (κ3) is 4.63. The standard InChI is InChI=1S/C19H31N5O/c1-4-16-13-18(20-17-5-7-23(8-6-17)15(2)25)21-19(14-16)24-11-9-22(3)10-12-24/h13-14,17H,4-12H2,1-3H3,(H,20,21). The molecule has 2 saturated heterocycles. The van der Waals surface area contributed by atoms with Crippen LogP contribution in [0.2, 0.25) is 0 Å². The molecule has 1 amide bonds. The Labute approximate surface area is 151 Å². The second-order valence-corrected chi connectivity index (χ2v) is 7.29. The lowest BCUT2D eigenvalue weighted by molar-refractivity contribution is -0.129. The first-order valence-corrected chi connectivity index (χ1v) is 9.51. The predicted octanol–water partition coefficient (Wildman–Crippen LogP) is 1.82. The molecule has 0 bridgehead atoms. The number of pyridine rings is 1. The molecule has 1 aromatic rings. The average Bonchev–Trinajstić information content (AvgIpc) is 2.62. The van der Waals surface area contributed by atoms with E-state index < -0.39 is 0 Å². The first-order valence-electron chi connectivity index (χ1n) is 9.51. The second-order valence-electron chi connectivity index (χ2n) is 7.29. The van der Waals surface area contributed by atoms with Crippen LogP contribution < -0.4 is 10.2 Å². The molecule has 2 fully saturated rings. The maximum Gasteiger partial charge on any atom is 0.219 e. The molecule has 0 spiro atoms. The van der Waals surface area contributed by atoms with Crippen molar-refractivity contribution in [3.63, 3.8) is 0 Å². The summed E-state index contributed by atoms with van der Waals surface area (Å²) in [5, 5.41) is 3.62. The first-order chi connectivity index (χ1) is 12.0. The van der Waals surface area contributed by atoms with Crippen molar-refractivity contribution in [2.75, 3.05) is 56.5 Å². The van der Waals surface area contributed by atoms with Crippen LogP contribution in [-0.2, 0) is 11.2 Å². The van der Waals surface area contributed by atoms with Gasteiger partial charge in [-0.05, 0) is 44.0 Å². The minimum absolute atomic E-state index is 0.182. The normalized spacial score (nSPS) is 20.0. The highest BCUT2D eigenvalue weighted by Crippen LogP contribution is 2.22. The monoisotopic (exact) mass is 345 g/mol. The summed E-state index contributed by atoms with van der Waals surface area (Å²) in [5.41, 5.74) is 1.33.